The average Bonchev–Trinajstić information content (AvgIpc) is 2.56. The number of ether oxygens (including phenoxy) is 1. The number of rotatable bonds is 2. The van der Waals surface area contributed by atoms with Gasteiger partial charge in [0.15, 0.2) is 0 Å². The van der Waals surface area contributed by atoms with Gasteiger partial charge in [-0.2, -0.15) is 4.98 Å². The monoisotopic (exact) mass is 252 g/mol. The molecule has 6 heteroatoms. The third-order valence-electron chi connectivity index (χ3n) is 2.01. The number of nitrogens with one attached hydrogen (secondary N) is 1. The molecule has 0 spiro atoms. The molecule has 0 aromatic carbocycles. The Kier molecular flexibility index (Phi) is 2.92. The van der Waals surface area contributed by atoms with E-state index >= 15 is 0 Å². The molecule has 0 saturated carbocycles. The molecule has 0 fully saturated rings. The molecule has 5 nitrogen and oxygen atoms in total. The molecular weight excluding hydrogens is 236 g/mol. The zero-order valence-corrected chi connectivity index (χ0v) is 11.2. The maximum Gasteiger partial charge on any atom is 0.241 e. The lowest BCUT2D eigenvalue weighted by atomic mass is 10.2. The van der Waals surface area contributed by atoms with Crippen LogP contribution in [-0.2, 0) is 0 Å². The van der Waals surface area contributed by atoms with Crippen LogP contribution in [0.4, 0.5) is 5.95 Å². The fourth-order valence-electron chi connectivity index (χ4n) is 1.45. The Labute approximate surface area is 104 Å². The maximum absolute atomic E-state index is 5.83. The summed E-state index contributed by atoms with van der Waals surface area (Å²) < 4.78 is 5.83. The summed E-state index contributed by atoms with van der Waals surface area (Å²) in [4.78, 5) is 10.6. The van der Waals surface area contributed by atoms with Crippen molar-refractivity contribution in [3.8, 4) is 5.88 Å². The predicted octanol–water partition coefficient (Wildman–Crippen LogP) is 2.46. The van der Waals surface area contributed by atoms with Gasteiger partial charge < -0.3 is 4.74 Å². The van der Waals surface area contributed by atoms with Crippen molar-refractivity contribution in [2.75, 3.05) is 5.43 Å². The van der Waals surface area contributed by atoms with Gasteiger partial charge in [-0.1, -0.05) is 0 Å². The van der Waals surface area contributed by atoms with Gasteiger partial charge in [-0.05, 0) is 33.8 Å². The van der Waals surface area contributed by atoms with Crippen LogP contribution in [-0.4, -0.2) is 15.6 Å². The van der Waals surface area contributed by atoms with Crippen molar-refractivity contribution in [1.29, 1.82) is 0 Å². The van der Waals surface area contributed by atoms with Crippen molar-refractivity contribution in [3.05, 3.63) is 10.9 Å². The lowest BCUT2D eigenvalue weighted by Gasteiger charge is -2.20. The van der Waals surface area contributed by atoms with Crippen LogP contribution in [0.5, 0.6) is 5.88 Å². The first kappa shape index (κ1) is 12.1. The highest BCUT2D eigenvalue weighted by molar-refractivity contribution is 7.18. The molecule has 0 atom stereocenters. The molecule has 0 aliphatic rings. The van der Waals surface area contributed by atoms with E-state index < -0.39 is 0 Å². The molecule has 17 heavy (non-hydrogen) atoms. The Bertz CT molecular complexity index is 544. The SMILES string of the molecule is Cc1cc2c(OC(C)(C)C)nc(NN)nc2s1. The quantitative estimate of drug-likeness (QED) is 0.634. The highest BCUT2D eigenvalue weighted by atomic mass is 32.1. The van der Waals surface area contributed by atoms with Crippen LogP contribution in [0.15, 0.2) is 6.07 Å². The van der Waals surface area contributed by atoms with Crippen molar-refractivity contribution in [1.82, 2.24) is 9.97 Å². The molecular formula is C11H16N4OS. The van der Waals surface area contributed by atoms with Crippen molar-refractivity contribution < 1.29 is 4.74 Å². The van der Waals surface area contributed by atoms with E-state index in [1.54, 1.807) is 11.3 Å². The van der Waals surface area contributed by atoms with E-state index in [1.165, 1.54) is 4.88 Å². The van der Waals surface area contributed by atoms with E-state index in [-0.39, 0.29) is 5.60 Å². The molecule has 0 radical (unpaired) electrons. The minimum absolute atomic E-state index is 0.303. The minimum Gasteiger partial charge on any atom is -0.471 e. The first-order valence-electron chi connectivity index (χ1n) is 5.33. The van der Waals surface area contributed by atoms with Crippen LogP contribution in [0.25, 0.3) is 10.2 Å². The van der Waals surface area contributed by atoms with Gasteiger partial charge in [-0.3, -0.25) is 5.43 Å². The fourth-order valence-corrected chi connectivity index (χ4v) is 2.32. The highest BCUT2D eigenvalue weighted by Crippen LogP contribution is 2.32. The van der Waals surface area contributed by atoms with E-state index in [0.29, 0.717) is 11.8 Å². The fraction of sp³-hybridized carbons (Fsp3) is 0.455. The third-order valence-corrected chi connectivity index (χ3v) is 2.96. The van der Waals surface area contributed by atoms with E-state index in [4.69, 9.17) is 10.6 Å². The molecule has 2 rings (SSSR count). The summed E-state index contributed by atoms with van der Waals surface area (Å²) >= 11 is 1.60. The summed E-state index contributed by atoms with van der Waals surface area (Å²) in [5.74, 6) is 6.30. The van der Waals surface area contributed by atoms with Gasteiger partial charge in [0.05, 0.1) is 5.39 Å². The largest absolute Gasteiger partial charge is 0.471 e. The first-order valence-corrected chi connectivity index (χ1v) is 6.14. The number of nitrogen functional groups attached to an aromatic ring is 1. The summed E-state index contributed by atoms with van der Waals surface area (Å²) in [5.41, 5.74) is 2.16. The standard InChI is InChI=1S/C11H16N4OS/c1-6-5-7-8(16-11(2,3)4)13-10(15-12)14-9(7)17-6/h5H,12H2,1-4H3,(H,13,14,15). The number of thiophene rings is 1. The van der Waals surface area contributed by atoms with Crippen LogP contribution >= 0.6 is 11.3 Å². The summed E-state index contributed by atoms with van der Waals surface area (Å²) in [6, 6.07) is 2.03. The number of aromatic nitrogens is 2. The molecule has 92 valence electrons. The smallest absolute Gasteiger partial charge is 0.241 e. The molecule has 2 aromatic heterocycles. The molecule has 2 heterocycles. The summed E-state index contributed by atoms with van der Waals surface area (Å²) in [6.07, 6.45) is 0. The Hall–Kier alpha value is -1.40. The number of nitrogens with zero attached hydrogens (tertiary/aromatic N) is 2. The number of fused-ring (bicyclic) bond motifs is 1. The van der Waals surface area contributed by atoms with Crippen LogP contribution < -0.4 is 16.0 Å². The van der Waals surface area contributed by atoms with Gasteiger partial charge in [0.25, 0.3) is 0 Å². The van der Waals surface area contributed by atoms with E-state index in [9.17, 15) is 0 Å². The lowest BCUT2D eigenvalue weighted by molar-refractivity contribution is 0.126. The van der Waals surface area contributed by atoms with Gasteiger partial charge in [-0.15, -0.1) is 11.3 Å². The number of aryl methyl sites for hydroxylation is 1. The Morgan fingerprint density at radius 1 is 1.35 bits per heavy atom. The lowest BCUT2D eigenvalue weighted by Crippen LogP contribution is -2.24. The van der Waals surface area contributed by atoms with Gasteiger partial charge in [-0.25, -0.2) is 10.8 Å². The number of hydrogen-bond acceptors (Lipinski definition) is 6. The molecule has 3 N–H and O–H groups in total. The van der Waals surface area contributed by atoms with Crippen molar-refractivity contribution in [2.24, 2.45) is 5.84 Å². The van der Waals surface area contributed by atoms with Gasteiger partial charge >= 0.3 is 0 Å². The molecule has 0 amide bonds. The summed E-state index contributed by atoms with van der Waals surface area (Å²) in [7, 11) is 0. The molecule has 0 aliphatic carbocycles. The predicted molar refractivity (Wildman–Crippen MR) is 70.3 cm³/mol. The van der Waals surface area contributed by atoms with Crippen molar-refractivity contribution >= 4 is 27.5 Å². The second kappa shape index (κ2) is 4.12. The van der Waals surface area contributed by atoms with E-state index in [2.05, 4.69) is 15.4 Å². The van der Waals surface area contributed by atoms with Crippen LogP contribution in [0, 0.1) is 6.92 Å². The normalized spacial score (nSPS) is 11.8. The van der Waals surface area contributed by atoms with Crippen LogP contribution in [0.3, 0.4) is 0 Å². The van der Waals surface area contributed by atoms with Crippen molar-refractivity contribution in [3.63, 3.8) is 0 Å². The number of hydrazine groups is 1. The molecule has 0 unspecified atom stereocenters. The Morgan fingerprint density at radius 3 is 2.65 bits per heavy atom. The highest BCUT2D eigenvalue weighted by Gasteiger charge is 2.18. The number of hydrogen-bond donors (Lipinski definition) is 2. The summed E-state index contributed by atoms with van der Waals surface area (Å²) in [6.45, 7) is 7.98. The third kappa shape index (κ3) is 2.65. The molecule has 0 aliphatic heterocycles. The second-order valence-electron chi connectivity index (χ2n) is 4.79. The Balaban J connectivity index is 2.58. The zero-order chi connectivity index (χ0) is 12.6. The van der Waals surface area contributed by atoms with E-state index in [1.807, 2.05) is 33.8 Å². The second-order valence-corrected chi connectivity index (χ2v) is 6.02. The average molecular weight is 252 g/mol. The number of nitrogens with two attached hydrogens (primary N) is 1. The Morgan fingerprint density at radius 2 is 2.06 bits per heavy atom. The number of anilines is 1. The summed E-state index contributed by atoms with van der Waals surface area (Å²) in [5, 5.41) is 0.932. The molecule has 0 bridgehead atoms. The van der Waals surface area contributed by atoms with Gasteiger partial charge in [0.1, 0.15) is 10.4 Å². The maximum atomic E-state index is 5.83. The van der Waals surface area contributed by atoms with Crippen LogP contribution in [0.2, 0.25) is 0 Å². The topological polar surface area (TPSA) is 73.1 Å². The zero-order valence-electron chi connectivity index (χ0n) is 10.4. The van der Waals surface area contributed by atoms with Crippen molar-refractivity contribution in [2.45, 2.75) is 33.3 Å². The first-order chi connectivity index (χ1) is 7.89. The van der Waals surface area contributed by atoms with Crippen LogP contribution in [0.1, 0.15) is 25.6 Å². The van der Waals surface area contributed by atoms with Gasteiger partial charge in [0, 0.05) is 4.88 Å². The minimum atomic E-state index is -0.303. The van der Waals surface area contributed by atoms with E-state index in [0.717, 1.165) is 10.2 Å². The molecule has 2 aromatic rings. The van der Waals surface area contributed by atoms with Gasteiger partial charge in [0.2, 0.25) is 11.8 Å². The molecule has 0 saturated heterocycles.